The summed E-state index contributed by atoms with van der Waals surface area (Å²) in [4.78, 5) is 4.08. The van der Waals surface area contributed by atoms with E-state index in [0.29, 0.717) is 5.69 Å². The Kier molecular flexibility index (Phi) is 3.05. The Hall–Kier alpha value is -2.03. The third-order valence-electron chi connectivity index (χ3n) is 2.58. The van der Waals surface area contributed by atoms with Crippen molar-refractivity contribution in [1.29, 1.82) is 0 Å². The van der Waals surface area contributed by atoms with Gasteiger partial charge in [-0.25, -0.2) is 0 Å². The number of rotatable bonds is 3. The van der Waals surface area contributed by atoms with Gasteiger partial charge in [0.2, 0.25) is 0 Å². The normalized spacial score (nSPS) is 10.2. The third kappa shape index (κ3) is 2.51. The van der Waals surface area contributed by atoms with Crippen LogP contribution >= 0.6 is 0 Å². The van der Waals surface area contributed by atoms with E-state index in [1.165, 1.54) is 5.56 Å². The second-order valence-electron chi connectivity index (χ2n) is 3.82. The molecule has 0 saturated carbocycles. The quantitative estimate of drug-likeness (QED) is 0.767. The molecule has 1 aromatic carbocycles. The highest BCUT2D eigenvalue weighted by Gasteiger charge is 2.00. The van der Waals surface area contributed by atoms with E-state index in [2.05, 4.69) is 11.1 Å². The molecular weight excluding hydrogens is 198 g/mol. The number of hydrogen-bond acceptors (Lipinski definition) is 3. The lowest BCUT2D eigenvalue weighted by Crippen LogP contribution is -1.98. The highest BCUT2D eigenvalue weighted by Crippen LogP contribution is 2.17. The first-order valence-electron chi connectivity index (χ1n) is 5.28. The van der Waals surface area contributed by atoms with Crippen LogP contribution in [0.5, 0.6) is 0 Å². The van der Waals surface area contributed by atoms with Crippen molar-refractivity contribution in [2.24, 2.45) is 0 Å². The van der Waals surface area contributed by atoms with Crippen molar-refractivity contribution >= 4 is 11.4 Å². The average Bonchev–Trinajstić information content (AvgIpc) is 2.29. The van der Waals surface area contributed by atoms with E-state index in [9.17, 15) is 0 Å². The van der Waals surface area contributed by atoms with E-state index >= 15 is 0 Å². The Morgan fingerprint density at radius 2 is 1.94 bits per heavy atom. The van der Waals surface area contributed by atoms with Gasteiger partial charge in [-0.05, 0) is 42.2 Å². The van der Waals surface area contributed by atoms with Crippen molar-refractivity contribution < 1.29 is 0 Å². The summed E-state index contributed by atoms with van der Waals surface area (Å²) >= 11 is 0. The Morgan fingerprint density at radius 1 is 1.06 bits per heavy atom. The topological polar surface area (TPSA) is 64.9 Å². The first-order valence-corrected chi connectivity index (χ1v) is 5.28. The van der Waals surface area contributed by atoms with Crippen molar-refractivity contribution in [3.63, 3.8) is 0 Å². The molecule has 0 spiro atoms. The predicted molar refractivity (Wildman–Crippen MR) is 66.9 cm³/mol. The second-order valence-corrected chi connectivity index (χ2v) is 3.82. The molecule has 2 aromatic rings. The number of aryl methyl sites for hydroxylation is 2. The fourth-order valence-electron chi connectivity index (χ4n) is 1.67. The van der Waals surface area contributed by atoms with Crippen LogP contribution < -0.4 is 11.5 Å². The minimum atomic E-state index is 0.711. The van der Waals surface area contributed by atoms with Crippen molar-refractivity contribution in [1.82, 2.24) is 4.98 Å². The highest BCUT2D eigenvalue weighted by atomic mass is 14.6. The smallest absolute Gasteiger partial charge is 0.0367 e. The fraction of sp³-hybridized carbons (Fsp3) is 0.154. The molecule has 16 heavy (non-hydrogen) atoms. The van der Waals surface area contributed by atoms with Crippen LogP contribution in [-0.2, 0) is 12.8 Å². The summed E-state index contributed by atoms with van der Waals surface area (Å²) in [6.45, 7) is 0. The van der Waals surface area contributed by atoms with Crippen LogP contribution in [0.3, 0.4) is 0 Å². The van der Waals surface area contributed by atoms with Crippen LogP contribution in [0.15, 0.2) is 42.7 Å². The van der Waals surface area contributed by atoms with E-state index in [4.69, 9.17) is 11.5 Å². The maximum atomic E-state index is 5.89. The Morgan fingerprint density at radius 3 is 2.62 bits per heavy atom. The molecule has 82 valence electrons. The largest absolute Gasteiger partial charge is 0.399 e. The SMILES string of the molecule is Nc1ccc(CCc2cccnc2)c(N)c1. The first-order chi connectivity index (χ1) is 7.75. The minimum Gasteiger partial charge on any atom is -0.399 e. The lowest BCUT2D eigenvalue weighted by Gasteiger charge is -2.06. The van der Waals surface area contributed by atoms with E-state index in [1.54, 1.807) is 12.3 Å². The molecule has 0 amide bonds. The average molecular weight is 213 g/mol. The summed E-state index contributed by atoms with van der Waals surface area (Å²) in [6.07, 6.45) is 5.52. The number of nitrogen functional groups attached to an aromatic ring is 2. The van der Waals surface area contributed by atoms with E-state index in [-0.39, 0.29) is 0 Å². The van der Waals surface area contributed by atoms with Crippen LogP contribution in [-0.4, -0.2) is 4.98 Å². The molecule has 4 N–H and O–H groups in total. The second kappa shape index (κ2) is 4.66. The minimum absolute atomic E-state index is 0.711. The van der Waals surface area contributed by atoms with Gasteiger partial charge >= 0.3 is 0 Å². The molecule has 0 unspecified atom stereocenters. The van der Waals surface area contributed by atoms with E-state index < -0.39 is 0 Å². The maximum Gasteiger partial charge on any atom is 0.0367 e. The molecule has 3 heteroatoms. The number of benzene rings is 1. The number of anilines is 2. The molecule has 2 rings (SSSR count). The van der Waals surface area contributed by atoms with Crippen molar-refractivity contribution in [2.45, 2.75) is 12.8 Å². The van der Waals surface area contributed by atoms with Gasteiger partial charge in [-0.3, -0.25) is 4.98 Å². The third-order valence-corrected chi connectivity index (χ3v) is 2.58. The van der Waals surface area contributed by atoms with Crippen LogP contribution in [0.2, 0.25) is 0 Å². The number of nitrogens with two attached hydrogens (primary N) is 2. The number of nitrogens with zero attached hydrogens (tertiary/aromatic N) is 1. The molecular formula is C13H15N3. The van der Waals surface area contributed by atoms with Gasteiger partial charge in [0.25, 0.3) is 0 Å². The summed E-state index contributed by atoms with van der Waals surface area (Å²) in [6, 6.07) is 9.69. The maximum absolute atomic E-state index is 5.89. The highest BCUT2D eigenvalue weighted by molar-refractivity contribution is 5.56. The van der Waals surface area contributed by atoms with E-state index in [1.807, 2.05) is 24.4 Å². The van der Waals surface area contributed by atoms with Crippen molar-refractivity contribution in [3.05, 3.63) is 53.9 Å². The number of hydrogen-bond donors (Lipinski definition) is 2. The number of pyridine rings is 1. The molecule has 1 aromatic heterocycles. The van der Waals surface area contributed by atoms with Gasteiger partial charge in [-0.15, -0.1) is 0 Å². The first kappa shape index (κ1) is 10.5. The molecule has 0 aliphatic rings. The predicted octanol–water partition coefficient (Wildman–Crippen LogP) is 2.03. The Bertz CT molecular complexity index is 466. The molecule has 0 fully saturated rings. The summed E-state index contributed by atoms with van der Waals surface area (Å²) in [5, 5.41) is 0. The summed E-state index contributed by atoms with van der Waals surface area (Å²) < 4.78 is 0. The summed E-state index contributed by atoms with van der Waals surface area (Å²) in [5.74, 6) is 0. The van der Waals surface area contributed by atoms with Crippen LogP contribution in [0.1, 0.15) is 11.1 Å². The lowest BCUT2D eigenvalue weighted by atomic mass is 10.0. The molecule has 1 heterocycles. The van der Waals surface area contributed by atoms with E-state index in [0.717, 1.165) is 24.1 Å². The summed E-state index contributed by atoms with van der Waals surface area (Å²) in [5.41, 5.74) is 15.4. The molecule has 0 bridgehead atoms. The van der Waals surface area contributed by atoms with Gasteiger partial charge in [0, 0.05) is 23.8 Å². The van der Waals surface area contributed by atoms with Crippen LogP contribution in [0, 0.1) is 0 Å². The lowest BCUT2D eigenvalue weighted by molar-refractivity contribution is 0.953. The van der Waals surface area contributed by atoms with Gasteiger partial charge < -0.3 is 11.5 Å². The Balaban J connectivity index is 2.05. The molecule has 3 nitrogen and oxygen atoms in total. The van der Waals surface area contributed by atoms with Crippen LogP contribution in [0.25, 0.3) is 0 Å². The molecule has 0 radical (unpaired) electrons. The van der Waals surface area contributed by atoms with Gasteiger partial charge in [-0.1, -0.05) is 12.1 Å². The van der Waals surface area contributed by atoms with Crippen molar-refractivity contribution in [2.75, 3.05) is 11.5 Å². The van der Waals surface area contributed by atoms with Crippen LogP contribution in [0.4, 0.5) is 11.4 Å². The molecule has 0 atom stereocenters. The Labute approximate surface area is 95.1 Å². The van der Waals surface area contributed by atoms with Gasteiger partial charge in [0.15, 0.2) is 0 Å². The monoisotopic (exact) mass is 213 g/mol. The number of aromatic nitrogens is 1. The van der Waals surface area contributed by atoms with Gasteiger partial charge in [0.1, 0.15) is 0 Å². The molecule has 0 aliphatic carbocycles. The molecule has 0 aliphatic heterocycles. The zero-order valence-electron chi connectivity index (χ0n) is 9.06. The standard InChI is InChI=1S/C13H15N3/c14-12-6-5-11(13(15)8-12)4-3-10-2-1-7-16-9-10/h1-2,5-9H,3-4,14-15H2. The van der Waals surface area contributed by atoms with Gasteiger partial charge in [0.05, 0.1) is 0 Å². The zero-order chi connectivity index (χ0) is 11.4. The van der Waals surface area contributed by atoms with Gasteiger partial charge in [-0.2, -0.15) is 0 Å². The fourth-order valence-corrected chi connectivity index (χ4v) is 1.67. The zero-order valence-corrected chi connectivity index (χ0v) is 9.06. The summed E-state index contributed by atoms with van der Waals surface area (Å²) in [7, 11) is 0. The van der Waals surface area contributed by atoms with Crippen molar-refractivity contribution in [3.8, 4) is 0 Å². The molecule has 0 saturated heterocycles.